The van der Waals surface area contributed by atoms with Crippen molar-refractivity contribution >= 4 is 11.8 Å². The van der Waals surface area contributed by atoms with Gasteiger partial charge in [-0.3, -0.25) is 0 Å². The molecule has 8 heavy (non-hydrogen) atoms. The summed E-state index contributed by atoms with van der Waals surface area (Å²) in [6.07, 6.45) is 4.02. The van der Waals surface area contributed by atoms with E-state index in [0.29, 0.717) is 0 Å². The van der Waals surface area contributed by atoms with Crippen LogP contribution in [0.25, 0.3) is 0 Å². The molecule has 0 radical (unpaired) electrons. The number of thioether (sulfide) groups is 1. The molecule has 0 amide bonds. The van der Waals surface area contributed by atoms with Crippen molar-refractivity contribution in [2.45, 2.75) is 26.2 Å². The molecule has 0 aromatic carbocycles. The van der Waals surface area contributed by atoms with Crippen LogP contribution in [0.3, 0.4) is 0 Å². The smallest absolute Gasteiger partial charge is 0.00262 e. The highest BCUT2D eigenvalue weighted by atomic mass is 32.2. The van der Waals surface area contributed by atoms with Crippen LogP contribution in [0.4, 0.5) is 0 Å². The Morgan fingerprint density at radius 2 is 2.25 bits per heavy atom. The van der Waals surface area contributed by atoms with Crippen molar-refractivity contribution < 1.29 is 0 Å². The first-order chi connectivity index (χ1) is 3.91. The van der Waals surface area contributed by atoms with Gasteiger partial charge in [-0.1, -0.05) is 26.3 Å². The molecule has 1 heteroatoms. The largest absolute Gasteiger partial charge is 0.135 e. The van der Waals surface area contributed by atoms with Gasteiger partial charge in [0.15, 0.2) is 0 Å². The van der Waals surface area contributed by atoms with Crippen LogP contribution in [0.15, 0.2) is 12.0 Å². The maximum Gasteiger partial charge on any atom is -0.00262 e. The summed E-state index contributed by atoms with van der Waals surface area (Å²) in [4.78, 5) is 0. The van der Waals surface area contributed by atoms with E-state index < -0.39 is 0 Å². The molecule has 0 aromatic rings. The van der Waals surface area contributed by atoms with E-state index in [4.69, 9.17) is 0 Å². The van der Waals surface area contributed by atoms with Gasteiger partial charge >= 0.3 is 0 Å². The van der Waals surface area contributed by atoms with Gasteiger partial charge in [0, 0.05) is 0 Å². The van der Waals surface area contributed by atoms with Crippen molar-refractivity contribution in [1.29, 1.82) is 0 Å². The molecule has 0 N–H and O–H groups in total. The third-order valence-electron chi connectivity index (χ3n) is 0.984. The zero-order chi connectivity index (χ0) is 6.24. The normalized spacial score (nSPS) is 9.12. The third-order valence-corrected chi connectivity index (χ3v) is 1.74. The first-order valence-electron chi connectivity index (χ1n) is 3.14. The standard InChI is InChI=1S/C7H14S/c1-3-5-6-7-8-4-2/h4H,2-3,5-7H2,1H3. The fraction of sp³-hybridized carbons (Fsp3) is 0.714. The maximum atomic E-state index is 3.62. The highest BCUT2D eigenvalue weighted by Crippen LogP contribution is 2.05. The Labute approximate surface area is 56.4 Å². The molecular weight excluding hydrogens is 116 g/mol. The Kier molecular flexibility index (Phi) is 7.17. The molecule has 0 saturated carbocycles. The summed E-state index contributed by atoms with van der Waals surface area (Å²) in [7, 11) is 0. The quantitative estimate of drug-likeness (QED) is 0.515. The van der Waals surface area contributed by atoms with Gasteiger partial charge in [-0.2, -0.15) is 0 Å². The molecule has 0 unspecified atom stereocenters. The minimum atomic E-state index is 1.25. The number of hydrogen-bond acceptors (Lipinski definition) is 1. The highest BCUT2D eigenvalue weighted by molar-refractivity contribution is 8.02. The van der Waals surface area contributed by atoms with Crippen LogP contribution in [-0.4, -0.2) is 5.75 Å². The second-order valence-corrected chi connectivity index (χ2v) is 2.82. The predicted octanol–water partition coefficient (Wildman–Crippen LogP) is 3.05. The van der Waals surface area contributed by atoms with Crippen molar-refractivity contribution in [2.75, 3.05) is 5.75 Å². The summed E-state index contributed by atoms with van der Waals surface area (Å²) >= 11 is 1.81. The molecule has 0 fully saturated rings. The van der Waals surface area contributed by atoms with Crippen molar-refractivity contribution in [1.82, 2.24) is 0 Å². The topological polar surface area (TPSA) is 0 Å². The minimum absolute atomic E-state index is 1.25. The van der Waals surface area contributed by atoms with E-state index in [-0.39, 0.29) is 0 Å². The summed E-state index contributed by atoms with van der Waals surface area (Å²) in [5.74, 6) is 1.25. The van der Waals surface area contributed by atoms with E-state index in [2.05, 4.69) is 13.5 Å². The van der Waals surface area contributed by atoms with Crippen LogP contribution in [-0.2, 0) is 0 Å². The SMILES string of the molecule is C=CSCCCCC. The fourth-order valence-electron chi connectivity index (χ4n) is 0.519. The van der Waals surface area contributed by atoms with E-state index in [0.717, 1.165) is 0 Å². The number of hydrogen-bond donors (Lipinski definition) is 0. The molecule has 0 atom stereocenters. The average Bonchev–Trinajstić information content (AvgIpc) is 1.81. The van der Waals surface area contributed by atoms with Crippen LogP contribution >= 0.6 is 11.8 Å². The van der Waals surface area contributed by atoms with Gasteiger partial charge in [-0.25, -0.2) is 0 Å². The van der Waals surface area contributed by atoms with Gasteiger partial charge in [-0.15, -0.1) is 11.8 Å². The van der Waals surface area contributed by atoms with E-state index in [9.17, 15) is 0 Å². The molecule has 0 nitrogen and oxygen atoms in total. The first-order valence-corrected chi connectivity index (χ1v) is 4.19. The molecule has 0 heterocycles. The Morgan fingerprint density at radius 1 is 1.50 bits per heavy atom. The summed E-state index contributed by atoms with van der Waals surface area (Å²) in [5, 5.41) is 1.91. The molecule has 0 rings (SSSR count). The molecule has 48 valence electrons. The van der Waals surface area contributed by atoms with E-state index >= 15 is 0 Å². The van der Waals surface area contributed by atoms with E-state index in [1.165, 1.54) is 25.0 Å². The second kappa shape index (κ2) is 7.09. The summed E-state index contributed by atoms with van der Waals surface area (Å²) in [5.41, 5.74) is 0. The number of unbranched alkanes of at least 4 members (excludes halogenated alkanes) is 2. The fourth-order valence-corrected chi connectivity index (χ4v) is 1.06. The van der Waals surface area contributed by atoms with Gasteiger partial charge in [0.05, 0.1) is 0 Å². The van der Waals surface area contributed by atoms with Crippen molar-refractivity contribution in [2.24, 2.45) is 0 Å². The lowest BCUT2D eigenvalue weighted by molar-refractivity contribution is 0.779. The molecule has 0 aromatic heterocycles. The van der Waals surface area contributed by atoms with Gasteiger partial charge in [0.25, 0.3) is 0 Å². The summed E-state index contributed by atoms with van der Waals surface area (Å²) < 4.78 is 0. The van der Waals surface area contributed by atoms with Crippen LogP contribution in [0.2, 0.25) is 0 Å². The van der Waals surface area contributed by atoms with Gasteiger partial charge < -0.3 is 0 Å². The predicted molar refractivity (Wildman–Crippen MR) is 42.2 cm³/mol. The minimum Gasteiger partial charge on any atom is -0.135 e. The first kappa shape index (κ1) is 8.09. The van der Waals surface area contributed by atoms with Crippen molar-refractivity contribution in [3.8, 4) is 0 Å². The molecule has 0 aliphatic rings. The lowest BCUT2D eigenvalue weighted by atomic mass is 10.3. The highest BCUT2D eigenvalue weighted by Gasteiger charge is 1.81. The number of rotatable bonds is 5. The van der Waals surface area contributed by atoms with Gasteiger partial charge in [0.2, 0.25) is 0 Å². The molecule has 0 bridgehead atoms. The Balaban J connectivity index is 2.62. The van der Waals surface area contributed by atoms with Crippen LogP contribution in [0, 0.1) is 0 Å². The van der Waals surface area contributed by atoms with E-state index in [1.807, 2.05) is 17.2 Å². The van der Waals surface area contributed by atoms with Crippen molar-refractivity contribution in [3.63, 3.8) is 0 Å². The Bertz CT molecular complexity index is 50.3. The molecule has 0 aliphatic carbocycles. The third kappa shape index (κ3) is 6.09. The zero-order valence-electron chi connectivity index (χ0n) is 5.52. The monoisotopic (exact) mass is 130 g/mol. The average molecular weight is 130 g/mol. The molecule has 0 spiro atoms. The zero-order valence-corrected chi connectivity index (χ0v) is 6.34. The molecule has 0 saturated heterocycles. The van der Waals surface area contributed by atoms with E-state index in [1.54, 1.807) is 0 Å². The van der Waals surface area contributed by atoms with Gasteiger partial charge in [0.1, 0.15) is 0 Å². The van der Waals surface area contributed by atoms with Gasteiger partial charge in [-0.05, 0) is 17.6 Å². The maximum absolute atomic E-state index is 3.62. The lowest BCUT2D eigenvalue weighted by Gasteiger charge is -1.91. The summed E-state index contributed by atoms with van der Waals surface area (Å²) in [6, 6.07) is 0. The summed E-state index contributed by atoms with van der Waals surface area (Å²) in [6.45, 7) is 5.84. The molecular formula is C7H14S. The molecule has 0 aliphatic heterocycles. The van der Waals surface area contributed by atoms with Crippen molar-refractivity contribution in [3.05, 3.63) is 12.0 Å². The van der Waals surface area contributed by atoms with Crippen LogP contribution in [0.1, 0.15) is 26.2 Å². The lowest BCUT2D eigenvalue weighted by Crippen LogP contribution is -1.74. The van der Waals surface area contributed by atoms with Crippen LogP contribution in [0.5, 0.6) is 0 Å². The van der Waals surface area contributed by atoms with Crippen LogP contribution < -0.4 is 0 Å². The second-order valence-electron chi connectivity index (χ2n) is 1.74. The Hall–Kier alpha value is 0.0900. The Morgan fingerprint density at radius 3 is 2.75 bits per heavy atom.